The number of methoxy groups -OCH3 is 2. The smallest absolute Gasteiger partial charge is 0.257 e. The summed E-state index contributed by atoms with van der Waals surface area (Å²) in [5.74, 6) is -0.00492. The third-order valence-corrected chi connectivity index (χ3v) is 3.53. The Hall–Kier alpha value is -3.06. The first kappa shape index (κ1) is 18.3. The average molecular weight is 343 g/mol. The Bertz CT molecular complexity index is 722. The quantitative estimate of drug-likeness (QED) is 0.521. The summed E-state index contributed by atoms with van der Waals surface area (Å²) >= 11 is 0. The molecule has 0 spiro atoms. The monoisotopic (exact) mass is 343 g/mol. The van der Waals surface area contributed by atoms with Crippen LogP contribution in [-0.2, 0) is 11.2 Å². The molecular formula is C18H21N3O4. The van der Waals surface area contributed by atoms with Crippen LogP contribution in [0.3, 0.4) is 0 Å². The molecule has 25 heavy (non-hydrogen) atoms. The van der Waals surface area contributed by atoms with Crippen LogP contribution in [-0.4, -0.2) is 37.5 Å². The highest BCUT2D eigenvalue weighted by Gasteiger charge is 2.13. The zero-order valence-corrected chi connectivity index (χ0v) is 14.1. The highest BCUT2D eigenvalue weighted by atomic mass is 16.5. The van der Waals surface area contributed by atoms with Gasteiger partial charge >= 0.3 is 0 Å². The number of carbonyl (C=O) groups excluding carboxylic acids is 1. The van der Waals surface area contributed by atoms with E-state index in [2.05, 4.69) is 10.5 Å². The molecule has 2 aromatic rings. The molecule has 0 aliphatic rings. The molecule has 0 radical (unpaired) electrons. The van der Waals surface area contributed by atoms with Crippen LogP contribution >= 0.6 is 0 Å². The Balaban J connectivity index is 1.99. The molecule has 0 saturated heterocycles. The van der Waals surface area contributed by atoms with Crippen LogP contribution < -0.4 is 20.6 Å². The van der Waals surface area contributed by atoms with Gasteiger partial charge < -0.3 is 20.3 Å². The van der Waals surface area contributed by atoms with E-state index in [0.29, 0.717) is 12.0 Å². The van der Waals surface area contributed by atoms with E-state index in [1.807, 2.05) is 30.3 Å². The number of phenols is 1. The lowest BCUT2D eigenvalue weighted by atomic mass is 10.1. The van der Waals surface area contributed by atoms with Gasteiger partial charge in [-0.2, -0.15) is 5.10 Å². The Morgan fingerprint density at radius 1 is 1.24 bits per heavy atom. The lowest BCUT2D eigenvalue weighted by Crippen LogP contribution is -2.39. The molecule has 1 unspecified atom stereocenters. The predicted molar refractivity (Wildman–Crippen MR) is 95.1 cm³/mol. The van der Waals surface area contributed by atoms with Crippen LogP contribution in [0.5, 0.6) is 17.2 Å². The van der Waals surface area contributed by atoms with E-state index in [4.69, 9.17) is 15.2 Å². The van der Waals surface area contributed by atoms with Crippen LogP contribution in [0.15, 0.2) is 47.6 Å². The van der Waals surface area contributed by atoms with Crippen molar-refractivity contribution in [2.45, 2.75) is 12.5 Å². The van der Waals surface area contributed by atoms with Gasteiger partial charge in [0.2, 0.25) is 5.75 Å². The van der Waals surface area contributed by atoms with Gasteiger partial charge in [0.05, 0.1) is 26.5 Å². The maximum absolute atomic E-state index is 12.0. The maximum atomic E-state index is 12.0. The Morgan fingerprint density at radius 2 is 1.84 bits per heavy atom. The number of ether oxygens (including phenoxy) is 2. The molecule has 7 heteroatoms. The highest BCUT2D eigenvalue weighted by molar-refractivity contribution is 5.86. The summed E-state index contributed by atoms with van der Waals surface area (Å²) in [5, 5.41) is 13.7. The van der Waals surface area contributed by atoms with Crippen molar-refractivity contribution in [3.63, 3.8) is 0 Å². The van der Waals surface area contributed by atoms with Gasteiger partial charge in [0, 0.05) is 5.56 Å². The minimum atomic E-state index is -0.705. The second kappa shape index (κ2) is 8.70. The van der Waals surface area contributed by atoms with E-state index in [-0.39, 0.29) is 17.2 Å². The van der Waals surface area contributed by atoms with E-state index in [1.54, 1.807) is 12.1 Å². The first-order chi connectivity index (χ1) is 12.0. The van der Waals surface area contributed by atoms with Crippen molar-refractivity contribution in [3.05, 3.63) is 53.6 Å². The molecule has 1 atom stereocenters. The topological polar surface area (TPSA) is 106 Å². The largest absolute Gasteiger partial charge is 0.502 e. The second-order valence-corrected chi connectivity index (χ2v) is 5.30. The molecule has 0 bridgehead atoms. The van der Waals surface area contributed by atoms with E-state index >= 15 is 0 Å². The van der Waals surface area contributed by atoms with Crippen molar-refractivity contribution in [2.24, 2.45) is 10.8 Å². The molecule has 0 fully saturated rings. The van der Waals surface area contributed by atoms with E-state index in [0.717, 1.165) is 5.56 Å². The van der Waals surface area contributed by atoms with Gasteiger partial charge in [-0.25, -0.2) is 5.43 Å². The van der Waals surface area contributed by atoms with Gasteiger partial charge in [0.15, 0.2) is 11.5 Å². The highest BCUT2D eigenvalue weighted by Crippen LogP contribution is 2.36. The SMILES string of the molecule is COc1cc(/C=N/NC(=O)C(N)Cc2ccccc2)cc(OC)c1O. The third-order valence-electron chi connectivity index (χ3n) is 3.53. The fourth-order valence-corrected chi connectivity index (χ4v) is 2.20. The Labute approximate surface area is 146 Å². The summed E-state index contributed by atoms with van der Waals surface area (Å²) in [5.41, 5.74) is 9.84. The molecule has 4 N–H and O–H groups in total. The van der Waals surface area contributed by atoms with Gasteiger partial charge in [-0.15, -0.1) is 0 Å². The molecule has 0 heterocycles. The summed E-state index contributed by atoms with van der Waals surface area (Å²) in [7, 11) is 2.86. The number of aromatic hydroxyl groups is 1. The zero-order chi connectivity index (χ0) is 18.2. The van der Waals surface area contributed by atoms with Crippen LogP contribution in [0.25, 0.3) is 0 Å². The number of hydrogen-bond donors (Lipinski definition) is 3. The summed E-state index contributed by atoms with van der Waals surface area (Å²) in [6.45, 7) is 0. The number of nitrogens with one attached hydrogen (secondary N) is 1. The summed E-state index contributed by atoms with van der Waals surface area (Å²) in [4.78, 5) is 12.0. The van der Waals surface area contributed by atoms with Gasteiger partial charge in [-0.05, 0) is 24.1 Å². The van der Waals surface area contributed by atoms with Crippen molar-refractivity contribution in [2.75, 3.05) is 14.2 Å². The minimum absolute atomic E-state index is 0.101. The summed E-state index contributed by atoms with van der Waals surface area (Å²) < 4.78 is 10.1. The number of hydrogen-bond acceptors (Lipinski definition) is 6. The number of carbonyl (C=O) groups is 1. The number of phenolic OH excluding ortho intramolecular Hbond substituents is 1. The zero-order valence-electron chi connectivity index (χ0n) is 14.1. The molecule has 0 aromatic heterocycles. The number of amides is 1. The van der Waals surface area contributed by atoms with E-state index in [9.17, 15) is 9.90 Å². The molecule has 2 rings (SSSR count). The number of nitrogens with two attached hydrogens (primary N) is 1. The first-order valence-electron chi connectivity index (χ1n) is 7.62. The van der Waals surface area contributed by atoms with Crippen LogP contribution in [0, 0.1) is 0 Å². The van der Waals surface area contributed by atoms with Gasteiger partial charge in [-0.1, -0.05) is 30.3 Å². The number of rotatable bonds is 7. The molecule has 0 saturated carbocycles. The van der Waals surface area contributed by atoms with Gasteiger partial charge in [-0.3, -0.25) is 4.79 Å². The van der Waals surface area contributed by atoms with E-state index < -0.39 is 11.9 Å². The minimum Gasteiger partial charge on any atom is -0.502 e. The fourth-order valence-electron chi connectivity index (χ4n) is 2.20. The van der Waals surface area contributed by atoms with E-state index in [1.165, 1.54) is 20.4 Å². The summed E-state index contributed by atoms with van der Waals surface area (Å²) in [6.07, 6.45) is 1.83. The predicted octanol–water partition coefficient (Wildman–Crippen LogP) is 1.43. The number of nitrogens with zero attached hydrogens (tertiary/aromatic N) is 1. The van der Waals surface area contributed by atoms with Crippen molar-refractivity contribution >= 4 is 12.1 Å². The van der Waals surface area contributed by atoms with Gasteiger partial charge in [0.25, 0.3) is 5.91 Å². The van der Waals surface area contributed by atoms with Crippen molar-refractivity contribution in [1.82, 2.24) is 5.43 Å². The maximum Gasteiger partial charge on any atom is 0.257 e. The molecule has 132 valence electrons. The summed E-state index contributed by atoms with van der Waals surface area (Å²) in [6, 6.07) is 11.9. The van der Waals surface area contributed by atoms with Gasteiger partial charge in [0.1, 0.15) is 0 Å². The third kappa shape index (κ3) is 4.95. The fraction of sp³-hybridized carbons (Fsp3) is 0.222. The van der Waals surface area contributed by atoms with Crippen molar-refractivity contribution in [1.29, 1.82) is 0 Å². The number of benzene rings is 2. The van der Waals surface area contributed by atoms with Crippen LogP contribution in [0.2, 0.25) is 0 Å². The van der Waals surface area contributed by atoms with Crippen LogP contribution in [0.4, 0.5) is 0 Å². The molecule has 2 aromatic carbocycles. The Morgan fingerprint density at radius 3 is 2.40 bits per heavy atom. The molecule has 0 aliphatic heterocycles. The van der Waals surface area contributed by atoms with Crippen molar-refractivity contribution in [3.8, 4) is 17.2 Å². The molecule has 1 amide bonds. The normalized spacial score (nSPS) is 12.0. The molecular weight excluding hydrogens is 322 g/mol. The molecule has 7 nitrogen and oxygen atoms in total. The molecule has 0 aliphatic carbocycles. The lowest BCUT2D eigenvalue weighted by molar-refractivity contribution is -0.122. The average Bonchev–Trinajstić information content (AvgIpc) is 2.63. The second-order valence-electron chi connectivity index (χ2n) is 5.30. The lowest BCUT2D eigenvalue weighted by Gasteiger charge is -2.10. The van der Waals surface area contributed by atoms with Crippen LogP contribution in [0.1, 0.15) is 11.1 Å². The Kier molecular flexibility index (Phi) is 6.36. The number of hydrazone groups is 1. The standard InChI is InChI=1S/C18H21N3O4/c1-24-15-9-13(10-16(25-2)17(15)22)11-20-21-18(23)14(19)8-12-6-4-3-5-7-12/h3-7,9-11,14,22H,8,19H2,1-2H3,(H,21,23)/b20-11+. The first-order valence-corrected chi connectivity index (χ1v) is 7.62. The van der Waals surface area contributed by atoms with Crippen molar-refractivity contribution < 1.29 is 19.4 Å².